The first-order chi connectivity index (χ1) is 8.59. The number of thiophene rings is 1. The van der Waals surface area contributed by atoms with Crippen molar-refractivity contribution in [3.8, 4) is 5.69 Å². The van der Waals surface area contributed by atoms with Crippen LogP contribution in [0, 0.1) is 0 Å². The van der Waals surface area contributed by atoms with Gasteiger partial charge in [0.05, 0.1) is 5.69 Å². The lowest BCUT2D eigenvalue weighted by Gasteiger charge is -2.09. The van der Waals surface area contributed by atoms with E-state index < -0.39 is 12.0 Å². The van der Waals surface area contributed by atoms with Gasteiger partial charge in [-0.2, -0.15) is 0 Å². The van der Waals surface area contributed by atoms with E-state index in [1.807, 2.05) is 35.2 Å². The van der Waals surface area contributed by atoms with Crippen molar-refractivity contribution in [3.05, 3.63) is 40.8 Å². The summed E-state index contributed by atoms with van der Waals surface area (Å²) in [4.78, 5) is 23.2. The smallest absolute Gasteiger partial charge is 0.325 e. The van der Waals surface area contributed by atoms with E-state index in [0.29, 0.717) is 4.88 Å². The first-order valence-corrected chi connectivity index (χ1v) is 6.22. The van der Waals surface area contributed by atoms with Crippen LogP contribution in [-0.2, 0) is 4.79 Å². The van der Waals surface area contributed by atoms with Crippen LogP contribution in [0.25, 0.3) is 5.69 Å². The fourth-order valence-electron chi connectivity index (χ4n) is 1.49. The minimum Gasteiger partial charge on any atom is -0.480 e. The summed E-state index contributed by atoms with van der Waals surface area (Å²) < 4.78 is 1.82. The maximum atomic E-state index is 12.0. The third-order valence-electron chi connectivity index (χ3n) is 2.45. The Morgan fingerprint density at radius 2 is 2.06 bits per heavy atom. The van der Waals surface area contributed by atoms with Crippen LogP contribution in [0.5, 0.6) is 0 Å². The number of aliphatic carboxylic acids is 1. The Hall–Kier alpha value is -2.08. The van der Waals surface area contributed by atoms with Gasteiger partial charge in [0.25, 0.3) is 5.91 Å². The molecule has 2 aromatic rings. The summed E-state index contributed by atoms with van der Waals surface area (Å²) in [6, 6.07) is 4.64. The summed E-state index contributed by atoms with van der Waals surface area (Å²) in [6.07, 6.45) is 3.67. The van der Waals surface area contributed by atoms with E-state index >= 15 is 0 Å². The Labute approximate surface area is 108 Å². The maximum Gasteiger partial charge on any atom is 0.325 e. The summed E-state index contributed by atoms with van der Waals surface area (Å²) in [6.45, 7) is 1.43. The SMILES string of the molecule is C[C@H](NC(=O)c1sccc1-n1cccc1)C(=O)O. The monoisotopic (exact) mass is 264 g/mol. The summed E-state index contributed by atoms with van der Waals surface area (Å²) in [7, 11) is 0. The normalized spacial score (nSPS) is 12.1. The molecule has 18 heavy (non-hydrogen) atoms. The Kier molecular flexibility index (Phi) is 3.47. The van der Waals surface area contributed by atoms with Crippen LogP contribution in [0.2, 0.25) is 0 Å². The first-order valence-electron chi connectivity index (χ1n) is 5.34. The topological polar surface area (TPSA) is 71.3 Å². The van der Waals surface area contributed by atoms with Crippen LogP contribution < -0.4 is 5.32 Å². The molecule has 0 spiro atoms. The van der Waals surface area contributed by atoms with Crippen molar-refractivity contribution < 1.29 is 14.7 Å². The number of hydrogen-bond acceptors (Lipinski definition) is 3. The van der Waals surface area contributed by atoms with Gasteiger partial charge in [0.2, 0.25) is 0 Å². The molecule has 0 aliphatic rings. The van der Waals surface area contributed by atoms with E-state index in [4.69, 9.17) is 5.11 Å². The second kappa shape index (κ2) is 5.05. The number of nitrogens with zero attached hydrogens (tertiary/aromatic N) is 1. The lowest BCUT2D eigenvalue weighted by Crippen LogP contribution is -2.38. The first kappa shape index (κ1) is 12.4. The van der Waals surface area contributed by atoms with Gasteiger partial charge in [-0.15, -0.1) is 11.3 Å². The lowest BCUT2D eigenvalue weighted by molar-refractivity contribution is -0.138. The number of carbonyl (C=O) groups excluding carboxylic acids is 1. The molecule has 2 N–H and O–H groups in total. The molecular weight excluding hydrogens is 252 g/mol. The molecule has 0 bridgehead atoms. The van der Waals surface area contributed by atoms with Gasteiger partial charge in [-0.25, -0.2) is 0 Å². The zero-order valence-electron chi connectivity index (χ0n) is 9.66. The van der Waals surface area contributed by atoms with Crippen LogP contribution in [0.15, 0.2) is 36.0 Å². The molecule has 5 nitrogen and oxygen atoms in total. The van der Waals surface area contributed by atoms with E-state index in [1.54, 1.807) is 5.38 Å². The Morgan fingerprint density at radius 1 is 1.39 bits per heavy atom. The summed E-state index contributed by atoms with van der Waals surface area (Å²) in [5.74, 6) is -1.42. The van der Waals surface area contributed by atoms with E-state index in [0.717, 1.165) is 5.69 Å². The van der Waals surface area contributed by atoms with E-state index in [2.05, 4.69) is 5.32 Å². The van der Waals surface area contributed by atoms with Crippen LogP contribution in [0.4, 0.5) is 0 Å². The van der Waals surface area contributed by atoms with Crippen molar-refractivity contribution in [2.75, 3.05) is 0 Å². The Balaban J connectivity index is 2.22. The fraction of sp³-hybridized carbons (Fsp3) is 0.167. The van der Waals surface area contributed by atoms with Crippen molar-refractivity contribution in [1.82, 2.24) is 9.88 Å². The zero-order chi connectivity index (χ0) is 13.1. The van der Waals surface area contributed by atoms with Gasteiger partial charge in [0.15, 0.2) is 0 Å². The predicted molar refractivity (Wildman–Crippen MR) is 68.2 cm³/mol. The van der Waals surface area contributed by atoms with E-state index in [1.165, 1.54) is 18.3 Å². The van der Waals surface area contributed by atoms with Crippen LogP contribution in [0.1, 0.15) is 16.6 Å². The number of amides is 1. The molecule has 2 aromatic heterocycles. The van der Waals surface area contributed by atoms with E-state index in [-0.39, 0.29) is 5.91 Å². The summed E-state index contributed by atoms with van der Waals surface area (Å²) in [5.41, 5.74) is 0.750. The molecule has 1 atom stereocenters. The highest BCUT2D eigenvalue weighted by atomic mass is 32.1. The van der Waals surface area contributed by atoms with Crippen LogP contribution in [-0.4, -0.2) is 27.6 Å². The van der Waals surface area contributed by atoms with Gasteiger partial charge in [0.1, 0.15) is 10.9 Å². The van der Waals surface area contributed by atoms with Crippen molar-refractivity contribution in [3.63, 3.8) is 0 Å². The van der Waals surface area contributed by atoms with Gasteiger partial charge in [-0.1, -0.05) is 0 Å². The molecule has 2 heterocycles. The standard InChI is InChI=1S/C12H12N2O3S/c1-8(12(16)17)13-11(15)10-9(4-7-18-10)14-5-2-3-6-14/h2-8H,1H3,(H,13,15)(H,16,17)/t8-/m0/s1. The van der Waals surface area contributed by atoms with Crippen LogP contribution in [0.3, 0.4) is 0 Å². The largest absolute Gasteiger partial charge is 0.480 e. The Bertz CT molecular complexity index is 560. The molecule has 0 fully saturated rings. The number of aromatic nitrogens is 1. The molecule has 0 aromatic carbocycles. The summed E-state index contributed by atoms with van der Waals surface area (Å²) >= 11 is 1.28. The molecule has 0 aliphatic heterocycles. The molecule has 0 saturated carbocycles. The average molecular weight is 264 g/mol. The molecule has 0 unspecified atom stereocenters. The predicted octanol–water partition coefficient (Wildman–Crippen LogP) is 1.74. The van der Waals surface area contributed by atoms with Crippen molar-refractivity contribution in [1.29, 1.82) is 0 Å². The average Bonchev–Trinajstić information content (AvgIpc) is 2.99. The third kappa shape index (κ3) is 2.43. The number of carboxylic acids is 1. The van der Waals surface area contributed by atoms with Gasteiger partial charge >= 0.3 is 5.97 Å². The second-order valence-electron chi connectivity index (χ2n) is 3.76. The molecule has 1 amide bonds. The molecule has 6 heteroatoms. The highest BCUT2D eigenvalue weighted by molar-refractivity contribution is 7.12. The van der Waals surface area contributed by atoms with Crippen molar-refractivity contribution >= 4 is 23.2 Å². The zero-order valence-corrected chi connectivity index (χ0v) is 10.5. The van der Waals surface area contributed by atoms with Gasteiger partial charge in [0, 0.05) is 12.4 Å². The van der Waals surface area contributed by atoms with Gasteiger partial charge < -0.3 is 15.0 Å². The van der Waals surface area contributed by atoms with Crippen molar-refractivity contribution in [2.24, 2.45) is 0 Å². The summed E-state index contributed by atoms with van der Waals surface area (Å²) in [5, 5.41) is 13.0. The third-order valence-corrected chi connectivity index (χ3v) is 3.35. The molecule has 0 radical (unpaired) electrons. The molecule has 94 valence electrons. The van der Waals surface area contributed by atoms with Crippen molar-refractivity contribution in [2.45, 2.75) is 13.0 Å². The number of hydrogen-bond donors (Lipinski definition) is 2. The molecule has 0 saturated heterocycles. The maximum absolute atomic E-state index is 12.0. The number of nitrogens with one attached hydrogen (secondary N) is 1. The highest BCUT2D eigenvalue weighted by Crippen LogP contribution is 2.21. The number of carboxylic acid groups (broad SMARTS) is 1. The number of rotatable bonds is 4. The molecular formula is C12H12N2O3S. The molecule has 0 aliphatic carbocycles. The second-order valence-corrected chi connectivity index (χ2v) is 4.67. The van der Waals surface area contributed by atoms with Gasteiger partial charge in [-0.05, 0) is 30.5 Å². The fourth-order valence-corrected chi connectivity index (χ4v) is 2.29. The lowest BCUT2D eigenvalue weighted by atomic mass is 10.3. The Morgan fingerprint density at radius 3 is 2.67 bits per heavy atom. The van der Waals surface area contributed by atoms with E-state index in [9.17, 15) is 9.59 Å². The minimum absolute atomic E-state index is 0.372. The highest BCUT2D eigenvalue weighted by Gasteiger charge is 2.19. The van der Waals surface area contributed by atoms with Crippen LogP contribution >= 0.6 is 11.3 Å². The van der Waals surface area contributed by atoms with Gasteiger partial charge in [-0.3, -0.25) is 9.59 Å². The molecule has 2 rings (SSSR count). The minimum atomic E-state index is -1.05. The quantitative estimate of drug-likeness (QED) is 0.883. The number of carbonyl (C=O) groups is 2.